The first-order valence-corrected chi connectivity index (χ1v) is 11.3. The molecule has 4 aromatic heterocycles. The van der Waals surface area contributed by atoms with Gasteiger partial charge in [-0.3, -0.25) is 9.69 Å². The molecule has 4 aromatic rings. The van der Waals surface area contributed by atoms with Gasteiger partial charge < -0.3 is 15.0 Å². The molecule has 5 heterocycles. The fraction of sp³-hybridized carbons (Fsp3) is 0.273. The lowest BCUT2D eigenvalue weighted by Crippen LogP contribution is -2.51. The number of hydrogen-bond acceptors (Lipinski definition) is 11. The lowest BCUT2D eigenvalue weighted by Gasteiger charge is -2.37. The van der Waals surface area contributed by atoms with E-state index >= 15 is 0 Å². The number of piperazine rings is 1. The van der Waals surface area contributed by atoms with Crippen molar-refractivity contribution in [3.63, 3.8) is 0 Å². The molecule has 10 nitrogen and oxygen atoms in total. The third-order valence-electron chi connectivity index (χ3n) is 5.51. The summed E-state index contributed by atoms with van der Waals surface area (Å²) in [6.45, 7) is 3.10. The summed E-state index contributed by atoms with van der Waals surface area (Å²) in [7, 11) is 1.56. The first-order chi connectivity index (χ1) is 16.2. The summed E-state index contributed by atoms with van der Waals surface area (Å²) in [6, 6.07) is 9.76. The SMILES string of the molecule is COC(C=O)N1CCN(c2ccnc(Nc3nc4ccc(-c5ccnnc5)nc4s3)c2)CC1. The van der Waals surface area contributed by atoms with Crippen LogP contribution in [0.4, 0.5) is 16.6 Å². The standard InChI is InChI=1S/C22H22N8O2S/c1-32-20(14-31)30-10-8-29(9-11-30)16-5-6-23-19(12-16)28-22-27-18-3-2-17(26-21(18)33-22)15-4-7-24-25-13-15/h2-7,12-14,20H,8-11H2,1H3,(H,23,27,28). The van der Waals surface area contributed by atoms with Crippen LogP contribution in [0.3, 0.4) is 0 Å². The van der Waals surface area contributed by atoms with Crippen LogP contribution in [0.25, 0.3) is 21.6 Å². The number of carbonyl (C=O) groups excluding carboxylic acids is 1. The van der Waals surface area contributed by atoms with Crippen molar-refractivity contribution in [2.24, 2.45) is 0 Å². The van der Waals surface area contributed by atoms with Crippen molar-refractivity contribution < 1.29 is 9.53 Å². The predicted molar refractivity (Wildman–Crippen MR) is 127 cm³/mol. The Balaban J connectivity index is 1.29. The Labute approximate surface area is 194 Å². The van der Waals surface area contributed by atoms with Gasteiger partial charge in [0.1, 0.15) is 16.2 Å². The average molecular weight is 463 g/mol. The van der Waals surface area contributed by atoms with E-state index in [0.29, 0.717) is 0 Å². The molecule has 5 rings (SSSR count). The van der Waals surface area contributed by atoms with E-state index < -0.39 is 6.23 Å². The maximum atomic E-state index is 11.1. The summed E-state index contributed by atoms with van der Waals surface area (Å²) in [5.41, 5.74) is 3.63. The van der Waals surface area contributed by atoms with Crippen LogP contribution < -0.4 is 10.2 Å². The Hall–Kier alpha value is -3.54. The smallest absolute Gasteiger partial charge is 0.190 e. The number of thiazole rings is 1. The highest BCUT2D eigenvalue weighted by Gasteiger charge is 2.23. The van der Waals surface area contributed by atoms with Gasteiger partial charge in [-0.2, -0.15) is 10.2 Å². The Morgan fingerprint density at radius 2 is 1.97 bits per heavy atom. The van der Waals surface area contributed by atoms with E-state index in [0.717, 1.165) is 70.7 Å². The molecular formula is C22H22N8O2S. The van der Waals surface area contributed by atoms with Gasteiger partial charge in [0.05, 0.1) is 18.1 Å². The van der Waals surface area contributed by atoms with Gasteiger partial charge in [-0.1, -0.05) is 11.3 Å². The molecule has 0 aromatic carbocycles. The van der Waals surface area contributed by atoms with E-state index in [-0.39, 0.29) is 0 Å². The number of nitrogens with zero attached hydrogens (tertiary/aromatic N) is 7. The van der Waals surface area contributed by atoms with Crippen molar-refractivity contribution >= 4 is 44.6 Å². The van der Waals surface area contributed by atoms with Crippen molar-refractivity contribution in [3.05, 3.63) is 48.9 Å². The van der Waals surface area contributed by atoms with Crippen LogP contribution in [0.2, 0.25) is 0 Å². The van der Waals surface area contributed by atoms with Crippen LogP contribution in [0.5, 0.6) is 0 Å². The van der Waals surface area contributed by atoms with Crippen molar-refractivity contribution in [3.8, 4) is 11.3 Å². The molecule has 33 heavy (non-hydrogen) atoms. The number of rotatable bonds is 7. The zero-order valence-corrected chi connectivity index (χ0v) is 18.8. The van der Waals surface area contributed by atoms with E-state index in [9.17, 15) is 4.79 Å². The van der Waals surface area contributed by atoms with Gasteiger partial charge in [0.15, 0.2) is 17.6 Å². The number of anilines is 3. The minimum atomic E-state index is -0.482. The third kappa shape index (κ3) is 4.65. The number of hydrogen-bond donors (Lipinski definition) is 1. The van der Waals surface area contributed by atoms with Crippen molar-refractivity contribution in [1.82, 2.24) is 30.0 Å². The summed E-state index contributed by atoms with van der Waals surface area (Å²) in [5.74, 6) is 0.718. The van der Waals surface area contributed by atoms with Crippen LogP contribution in [0.1, 0.15) is 0 Å². The summed E-state index contributed by atoms with van der Waals surface area (Å²) in [5, 5.41) is 11.8. The molecule has 0 aliphatic carbocycles. The van der Waals surface area contributed by atoms with Crippen molar-refractivity contribution in [2.75, 3.05) is 43.5 Å². The highest BCUT2D eigenvalue weighted by Crippen LogP contribution is 2.29. The van der Waals surface area contributed by atoms with Crippen LogP contribution in [-0.4, -0.2) is 75.9 Å². The van der Waals surface area contributed by atoms with E-state index in [4.69, 9.17) is 9.72 Å². The quantitative estimate of drug-likeness (QED) is 0.412. The zero-order chi connectivity index (χ0) is 22.6. The van der Waals surface area contributed by atoms with Gasteiger partial charge in [-0.05, 0) is 24.3 Å². The molecule has 0 amide bonds. The molecule has 11 heteroatoms. The number of ether oxygens (including phenoxy) is 1. The fourth-order valence-electron chi connectivity index (χ4n) is 3.79. The molecule has 1 fully saturated rings. The second-order valence-electron chi connectivity index (χ2n) is 7.48. The normalized spacial score (nSPS) is 15.5. The summed E-state index contributed by atoms with van der Waals surface area (Å²) in [6.07, 6.45) is 5.49. The first kappa shape index (κ1) is 21.3. The van der Waals surface area contributed by atoms with Gasteiger partial charge in [0.25, 0.3) is 0 Å². The molecule has 0 spiro atoms. The van der Waals surface area contributed by atoms with Crippen LogP contribution in [0.15, 0.2) is 48.9 Å². The van der Waals surface area contributed by atoms with E-state index in [1.807, 2.05) is 35.2 Å². The molecule has 168 valence electrons. The lowest BCUT2D eigenvalue weighted by molar-refractivity contribution is -0.127. The first-order valence-electron chi connectivity index (χ1n) is 10.5. The number of aldehydes is 1. The summed E-state index contributed by atoms with van der Waals surface area (Å²) in [4.78, 5) is 30.1. The number of nitrogens with one attached hydrogen (secondary N) is 1. The summed E-state index contributed by atoms with van der Waals surface area (Å²) >= 11 is 1.47. The second-order valence-corrected chi connectivity index (χ2v) is 8.46. The molecule has 0 radical (unpaired) electrons. The maximum absolute atomic E-state index is 11.1. The maximum Gasteiger partial charge on any atom is 0.190 e. The van der Waals surface area contributed by atoms with Gasteiger partial charge in [-0.25, -0.2) is 15.0 Å². The molecule has 1 atom stereocenters. The Morgan fingerprint density at radius 3 is 2.73 bits per heavy atom. The largest absolute Gasteiger partial charge is 0.369 e. The highest BCUT2D eigenvalue weighted by atomic mass is 32.1. The van der Waals surface area contributed by atoms with Crippen LogP contribution >= 0.6 is 11.3 Å². The Morgan fingerprint density at radius 1 is 1.09 bits per heavy atom. The number of methoxy groups -OCH3 is 1. The van der Waals surface area contributed by atoms with E-state index in [1.165, 1.54) is 11.3 Å². The van der Waals surface area contributed by atoms with Gasteiger partial charge in [-0.15, -0.1) is 0 Å². The van der Waals surface area contributed by atoms with Crippen molar-refractivity contribution in [1.29, 1.82) is 0 Å². The van der Waals surface area contributed by atoms with Crippen LogP contribution in [-0.2, 0) is 9.53 Å². The minimum Gasteiger partial charge on any atom is -0.369 e. The topological polar surface area (TPSA) is 109 Å². The number of aromatic nitrogens is 5. The second kappa shape index (κ2) is 9.53. The Kier molecular flexibility index (Phi) is 6.15. The molecule has 0 bridgehead atoms. The third-order valence-corrected chi connectivity index (χ3v) is 6.39. The minimum absolute atomic E-state index is 0.482. The molecule has 1 saturated heterocycles. The van der Waals surface area contributed by atoms with Gasteiger partial charge >= 0.3 is 0 Å². The lowest BCUT2D eigenvalue weighted by atomic mass is 10.2. The van der Waals surface area contributed by atoms with E-state index in [1.54, 1.807) is 25.7 Å². The molecular weight excluding hydrogens is 440 g/mol. The van der Waals surface area contributed by atoms with E-state index in [2.05, 4.69) is 30.4 Å². The Bertz CT molecular complexity index is 1240. The summed E-state index contributed by atoms with van der Waals surface area (Å²) < 4.78 is 5.23. The molecule has 0 saturated carbocycles. The highest BCUT2D eigenvalue weighted by molar-refractivity contribution is 7.21. The number of pyridine rings is 2. The number of carbonyl (C=O) groups is 1. The monoisotopic (exact) mass is 462 g/mol. The zero-order valence-electron chi connectivity index (χ0n) is 18.0. The average Bonchev–Trinajstić information content (AvgIpc) is 3.27. The predicted octanol–water partition coefficient (Wildman–Crippen LogP) is 2.58. The molecule has 1 N–H and O–H groups in total. The van der Waals surface area contributed by atoms with Gasteiger partial charge in [0, 0.05) is 56.8 Å². The van der Waals surface area contributed by atoms with Gasteiger partial charge in [0.2, 0.25) is 0 Å². The molecule has 1 unspecified atom stereocenters. The fourth-order valence-corrected chi connectivity index (χ4v) is 4.64. The van der Waals surface area contributed by atoms with Crippen LogP contribution in [0, 0.1) is 0 Å². The van der Waals surface area contributed by atoms with Crippen molar-refractivity contribution in [2.45, 2.75) is 6.23 Å². The molecule has 1 aliphatic rings. The molecule has 1 aliphatic heterocycles. The number of fused-ring (bicyclic) bond motifs is 1.